The van der Waals surface area contributed by atoms with Crippen LogP contribution >= 0.6 is 12.6 Å². The molecule has 0 heterocycles. The highest BCUT2D eigenvalue weighted by atomic mass is 32.1. The maximum absolute atomic E-state index is 13.3. The Morgan fingerprint density at radius 3 is 1.69 bits per heavy atom. The molecule has 228 valence electrons. The number of nitrogens with two attached hydrogens (primary N) is 3. The van der Waals surface area contributed by atoms with Gasteiger partial charge in [-0.05, 0) is 48.2 Å². The maximum Gasteiger partial charge on any atom is 0.326 e. The van der Waals surface area contributed by atoms with E-state index < -0.39 is 47.9 Å². The van der Waals surface area contributed by atoms with Gasteiger partial charge in [0.2, 0.25) is 17.7 Å². The summed E-state index contributed by atoms with van der Waals surface area (Å²) in [5.41, 5.74) is 17.6. The average Bonchev–Trinajstić information content (AvgIpc) is 2.94. The lowest BCUT2D eigenvalue weighted by Gasteiger charge is -2.25. The van der Waals surface area contributed by atoms with Gasteiger partial charge in [-0.3, -0.25) is 19.4 Å². The third kappa shape index (κ3) is 11.5. The van der Waals surface area contributed by atoms with Crippen LogP contribution in [0.15, 0.2) is 53.5 Å². The summed E-state index contributed by atoms with van der Waals surface area (Å²) in [4.78, 5) is 54.8. The Morgan fingerprint density at radius 1 is 0.762 bits per heavy atom. The number of benzene rings is 2. The highest BCUT2D eigenvalue weighted by molar-refractivity contribution is 7.80. The van der Waals surface area contributed by atoms with Gasteiger partial charge in [-0.1, -0.05) is 24.3 Å². The molecular weight excluding hydrogens is 566 g/mol. The van der Waals surface area contributed by atoms with Crippen LogP contribution in [0.5, 0.6) is 11.5 Å². The van der Waals surface area contributed by atoms with E-state index >= 15 is 0 Å². The fourth-order valence-electron chi connectivity index (χ4n) is 3.81. The van der Waals surface area contributed by atoms with Gasteiger partial charge in [0.25, 0.3) is 0 Å². The fraction of sp³-hybridized carbons (Fsp3) is 0.370. The first kappa shape index (κ1) is 33.7. The maximum atomic E-state index is 13.3. The van der Waals surface area contributed by atoms with Crippen molar-refractivity contribution in [3.63, 3.8) is 0 Å². The quantitative estimate of drug-likeness (QED) is 0.0471. The van der Waals surface area contributed by atoms with Gasteiger partial charge in [0, 0.05) is 25.1 Å². The minimum Gasteiger partial charge on any atom is -0.508 e. The first-order valence-electron chi connectivity index (χ1n) is 13.0. The van der Waals surface area contributed by atoms with Crippen LogP contribution in [0.1, 0.15) is 24.0 Å². The number of rotatable bonds is 16. The van der Waals surface area contributed by atoms with E-state index in [2.05, 4.69) is 33.6 Å². The monoisotopic (exact) mass is 603 g/mol. The first-order valence-corrected chi connectivity index (χ1v) is 13.6. The Balaban J connectivity index is 2.15. The molecule has 4 unspecified atom stereocenters. The molecule has 0 saturated carbocycles. The molecular formula is C27H37N7O7S. The van der Waals surface area contributed by atoms with Crippen LogP contribution < -0.4 is 33.2 Å². The summed E-state index contributed by atoms with van der Waals surface area (Å²) in [7, 11) is 0. The molecule has 0 aliphatic heterocycles. The number of aliphatic imine (C=N–C) groups is 1. The number of aromatic hydroxyl groups is 2. The van der Waals surface area contributed by atoms with Crippen molar-refractivity contribution in [2.75, 3.05) is 12.3 Å². The van der Waals surface area contributed by atoms with Gasteiger partial charge >= 0.3 is 5.97 Å². The summed E-state index contributed by atoms with van der Waals surface area (Å²) in [6.45, 7) is 0.276. The van der Waals surface area contributed by atoms with Crippen LogP contribution in [-0.4, -0.2) is 81.4 Å². The lowest BCUT2D eigenvalue weighted by Crippen LogP contribution is -2.58. The van der Waals surface area contributed by atoms with Crippen LogP contribution in [0.3, 0.4) is 0 Å². The van der Waals surface area contributed by atoms with Gasteiger partial charge < -0.3 is 48.5 Å². The number of hydrogen-bond donors (Lipinski definition) is 10. The van der Waals surface area contributed by atoms with Crippen LogP contribution in [0.2, 0.25) is 0 Å². The number of carbonyl (C=O) groups excluding carboxylic acids is 3. The molecule has 2 aromatic rings. The second-order valence-electron chi connectivity index (χ2n) is 9.50. The van der Waals surface area contributed by atoms with E-state index in [9.17, 15) is 34.5 Å². The number of phenolic OH excluding ortho intramolecular Hbond substituents is 2. The normalized spacial score (nSPS) is 13.6. The second kappa shape index (κ2) is 16.7. The summed E-state index contributed by atoms with van der Waals surface area (Å²) < 4.78 is 0. The van der Waals surface area contributed by atoms with E-state index in [0.29, 0.717) is 17.5 Å². The lowest BCUT2D eigenvalue weighted by molar-refractivity contribution is -0.142. The van der Waals surface area contributed by atoms with Gasteiger partial charge in [-0.15, -0.1) is 0 Å². The van der Waals surface area contributed by atoms with Crippen molar-refractivity contribution in [1.29, 1.82) is 0 Å². The summed E-state index contributed by atoms with van der Waals surface area (Å²) in [5.74, 6) is -3.65. The van der Waals surface area contributed by atoms with Gasteiger partial charge in [0.05, 0.1) is 6.04 Å². The first-order chi connectivity index (χ1) is 19.9. The van der Waals surface area contributed by atoms with Crippen LogP contribution in [0.25, 0.3) is 0 Å². The smallest absolute Gasteiger partial charge is 0.326 e. The average molecular weight is 604 g/mol. The number of carboxylic acids is 1. The molecule has 2 aromatic carbocycles. The minimum absolute atomic E-state index is 0.00360. The standard InChI is InChI=1S/C27H37N7O7S/c28-19(2-1-11-31-27(29)30)23(37)34-22(14-42)25(39)32-20(12-15-3-7-17(35)8-4-15)24(38)33-21(26(40)41)13-16-5-9-18(36)10-6-16/h3-10,19-22,35-36,42H,1-2,11-14,28H2,(H,32,39)(H,33,38)(H,34,37)(H,40,41)(H4,29,30,31). The number of guanidine groups is 1. The Bertz CT molecular complexity index is 1240. The van der Waals surface area contributed by atoms with Crippen molar-refractivity contribution in [3.8, 4) is 11.5 Å². The molecule has 3 amide bonds. The molecule has 4 atom stereocenters. The Hall–Kier alpha value is -4.50. The highest BCUT2D eigenvalue weighted by Crippen LogP contribution is 2.14. The van der Waals surface area contributed by atoms with Crippen LogP contribution in [0.4, 0.5) is 0 Å². The molecule has 0 bridgehead atoms. The molecule has 14 nitrogen and oxygen atoms in total. The number of nitrogens with one attached hydrogen (secondary N) is 3. The lowest BCUT2D eigenvalue weighted by atomic mass is 10.0. The topological polar surface area (TPSA) is 255 Å². The van der Waals surface area contributed by atoms with Crippen LogP contribution in [-0.2, 0) is 32.0 Å². The number of thiol groups is 1. The van der Waals surface area contributed by atoms with Crippen molar-refractivity contribution < 1.29 is 34.5 Å². The number of carbonyl (C=O) groups is 4. The molecule has 12 N–H and O–H groups in total. The number of hydrogen-bond acceptors (Lipinski definition) is 9. The van der Waals surface area contributed by atoms with Crippen molar-refractivity contribution in [2.24, 2.45) is 22.2 Å². The van der Waals surface area contributed by atoms with E-state index in [1.807, 2.05) is 0 Å². The molecule has 15 heteroatoms. The number of nitrogens with zero attached hydrogens (tertiary/aromatic N) is 1. The van der Waals surface area contributed by atoms with Gasteiger partial charge in [0.15, 0.2) is 5.96 Å². The molecule has 0 aliphatic rings. The van der Waals surface area contributed by atoms with E-state index in [4.69, 9.17) is 17.2 Å². The summed E-state index contributed by atoms with van der Waals surface area (Å²) in [6.07, 6.45) is 0.527. The molecule has 0 aliphatic carbocycles. The number of carboxylic acid groups (broad SMARTS) is 1. The van der Waals surface area contributed by atoms with Crippen molar-refractivity contribution in [1.82, 2.24) is 16.0 Å². The zero-order valence-electron chi connectivity index (χ0n) is 22.8. The summed E-state index contributed by atoms with van der Waals surface area (Å²) in [6, 6.07) is 7.03. The van der Waals surface area contributed by atoms with E-state index in [-0.39, 0.29) is 49.0 Å². The Kier molecular flexibility index (Phi) is 13.4. The van der Waals surface area contributed by atoms with Gasteiger partial charge in [-0.25, -0.2) is 4.79 Å². The zero-order chi connectivity index (χ0) is 31.2. The number of amides is 3. The molecule has 0 aromatic heterocycles. The number of phenols is 2. The highest BCUT2D eigenvalue weighted by Gasteiger charge is 2.30. The largest absolute Gasteiger partial charge is 0.508 e. The SMILES string of the molecule is NC(N)=NCCCC(N)C(=O)NC(CS)C(=O)NC(Cc1ccc(O)cc1)C(=O)NC(Cc1ccc(O)cc1)C(=O)O. The molecule has 0 saturated heterocycles. The molecule has 42 heavy (non-hydrogen) atoms. The predicted octanol–water partition coefficient (Wildman–Crippen LogP) is -1.27. The fourth-order valence-corrected chi connectivity index (χ4v) is 4.07. The third-order valence-corrected chi connectivity index (χ3v) is 6.48. The third-order valence-electron chi connectivity index (χ3n) is 6.12. The van der Waals surface area contributed by atoms with E-state index in [1.54, 1.807) is 12.1 Å². The second-order valence-corrected chi connectivity index (χ2v) is 9.87. The molecule has 0 spiro atoms. The van der Waals surface area contributed by atoms with E-state index in [1.165, 1.54) is 36.4 Å². The minimum atomic E-state index is -1.35. The van der Waals surface area contributed by atoms with Crippen molar-refractivity contribution >= 4 is 42.3 Å². The Labute approximate surface area is 248 Å². The number of aliphatic carboxylic acids is 1. The molecule has 0 radical (unpaired) electrons. The van der Waals surface area contributed by atoms with Gasteiger partial charge in [-0.2, -0.15) is 12.6 Å². The summed E-state index contributed by atoms with van der Waals surface area (Å²) >= 11 is 4.15. The van der Waals surface area contributed by atoms with E-state index in [0.717, 1.165) is 0 Å². The van der Waals surface area contributed by atoms with Gasteiger partial charge in [0.1, 0.15) is 29.6 Å². The molecule has 2 rings (SSSR count). The van der Waals surface area contributed by atoms with Crippen molar-refractivity contribution in [3.05, 3.63) is 59.7 Å². The Morgan fingerprint density at radius 2 is 1.21 bits per heavy atom. The van der Waals surface area contributed by atoms with Crippen molar-refractivity contribution in [2.45, 2.75) is 49.9 Å². The summed E-state index contributed by atoms with van der Waals surface area (Å²) in [5, 5.41) is 36.3. The molecule has 0 fully saturated rings. The van der Waals surface area contributed by atoms with Crippen LogP contribution in [0, 0.1) is 0 Å². The zero-order valence-corrected chi connectivity index (χ0v) is 23.7. The predicted molar refractivity (Wildman–Crippen MR) is 159 cm³/mol.